The first-order chi connectivity index (χ1) is 19.5. The van der Waals surface area contributed by atoms with Crippen molar-refractivity contribution in [2.45, 2.75) is 46.0 Å². The highest BCUT2D eigenvalue weighted by molar-refractivity contribution is 7.21. The molecule has 0 aliphatic carbocycles. The number of thiazole rings is 1. The Kier molecular flexibility index (Phi) is 7.08. The van der Waals surface area contributed by atoms with Gasteiger partial charge in [-0.15, -0.1) is 0 Å². The molecule has 0 saturated carbocycles. The quantitative estimate of drug-likeness (QED) is 0.227. The van der Waals surface area contributed by atoms with Gasteiger partial charge in [0.15, 0.2) is 5.13 Å². The number of nitrogens with zero attached hydrogens (tertiary/aromatic N) is 4. The van der Waals surface area contributed by atoms with Crippen LogP contribution in [-0.4, -0.2) is 52.2 Å². The number of aromatic nitrogens is 2. The lowest BCUT2D eigenvalue weighted by molar-refractivity contribution is 0.125. The van der Waals surface area contributed by atoms with Crippen LogP contribution in [0.1, 0.15) is 44.9 Å². The van der Waals surface area contributed by atoms with E-state index < -0.39 is 6.03 Å². The zero-order chi connectivity index (χ0) is 28.9. The molecule has 2 aliphatic heterocycles. The van der Waals surface area contributed by atoms with Crippen LogP contribution < -0.4 is 15.5 Å². The number of pyridine rings is 1. The minimum atomic E-state index is -0.395. The molecule has 2 aromatic carbocycles. The summed E-state index contributed by atoms with van der Waals surface area (Å²) >= 11 is 8.21. The fourth-order valence-electron chi connectivity index (χ4n) is 6.25. The molecule has 2 amide bonds. The van der Waals surface area contributed by atoms with E-state index in [1.807, 2.05) is 43.3 Å². The Balaban J connectivity index is 1.28. The Bertz CT molecular complexity index is 1620. The Morgan fingerprint density at radius 1 is 1.07 bits per heavy atom. The molecule has 0 bridgehead atoms. The third-order valence-electron chi connectivity index (χ3n) is 7.94. The molecule has 4 aromatic rings. The van der Waals surface area contributed by atoms with Gasteiger partial charge in [-0.05, 0) is 74.7 Å². The number of amides is 2. The number of anilines is 4. The minimum absolute atomic E-state index is 0.190. The Labute approximate surface area is 249 Å². The number of hydrogen-bond donors (Lipinski definition) is 3. The molecule has 3 N–H and O–H groups in total. The van der Waals surface area contributed by atoms with Crippen LogP contribution in [0.2, 0.25) is 5.02 Å². The van der Waals surface area contributed by atoms with Crippen LogP contribution in [-0.2, 0) is 5.41 Å². The molecule has 1 saturated heterocycles. The number of nitrogens with one attached hydrogen (secondary N) is 2. The molecule has 1 spiro atoms. The van der Waals surface area contributed by atoms with Crippen molar-refractivity contribution in [3.05, 3.63) is 64.8 Å². The summed E-state index contributed by atoms with van der Waals surface area (Å²) in [5.74, 6) is 0.190. The second-order valence-corrected chi connectivity index (χ2v) is 13.8. The second kappa shape index (κ2) is 10.5. The van der Waals surface area contributed by atoms with Gasteiger partial charge >= 0.3 is 6.03 Å². The van der Waals surface area contributed by atoms with Crippen LogP contribution in [0.15, 0.2) is 48.5 Å². The van der Waals surface area contributed by atoms with Gasteiger partial charge in [0.05, 0.1) is 17.1 Å². The van der Waals surface area contributed by atoms with Gasteiger partial charge in [-0.1, -0.05) is 55.8 Å². The predicted molar refractivity (Wildman–Crippen MR) is 168 cm³/mol. The number of para-hydroxylation sites is 2. The van der Waals surface area contributed by atoms with E-state index in [4.69, 9.17) is 11.6 Å². The number of phenolic OH excluding ortho intramolecular Hbond substituents is 1. The Morgan fingerprint density at radius 3 is 2.59 bits per heavy atom. The summed E-state index contributed by atoms with van der Waals surface area (Å²) in [7, 11) is 0. The standard InChI is InChI=1S/C31H35ClN6O2S/c1-19-9-11-22-27(33-19)41-29(35-22)36-28(40)34-21-7-5-6-8-23(21)38-18-31(25-20(32)10-12-24(39)26(25)38)13-15-37(16-14-31)17-30(2,3)4/h5-12,39H,13-18H2,1-4H3,(H2,34,35,36,40). The topological polar surface area (TPSA) is 93.6 Å². The molecule has 41 heavy (non-hydrogen) atoms. The average Bonchev–Trinajstić information content (AvgIpc) is 3.46. The smallest absolute Gasteiger partial charge is 0.325 e. The number of carbonyl (C=O) groups excluding carboxylic acids is 1. The number of carbonyl (C=O) groups is 1. The average molecular weight is 591 g/mol. The maximum absolute atomic E-state index is 13.1. The largest absolute Gasteiger partial charge is 0.506 e. The SMILES string of the molecule is Cc1ccc2nc(NC(=O)Nc3ccccc3N3CC4(CCN(CC(C)(C)C)CC4)c4c(Cl)ccc(O)c43)sc2n1. The molecule has 214 valence electrons. The first-order valence-electron chi connectivity index (χ1n) is 13.9. The highest BCUT2D eigenvalue weighted by atomic mass is 35.5. The van der Waals surface area contributed by atoms with E-state index in [0.717, 1.165) is 65.5 Å². The molecule has 6 rings (SSSR count). The molecule has 2 aliphatic rings. The van der Waals surface area contributed by atoms with Crippen LogP contribution in [0.4, 0.5) is 27.0 Å². The summed E-state index contributed by atoms with van der Waals surface area (Å²) in [6, 6.07) is 14.5. The van der Waals surface area contributed by atoms with E-state index in [9.17, 15) is 9.90 Å². The lowest BCUT2D eigenvalue weighted by Gasteiger charge is -2.42. The molecular formula is C31H35ClN6O2S. The van der Waals surface area contributed by atoms with Crippen molar-refractivity contribution < 1.29 is 9.90 Å². The van der Waals surface area contributed by atoms with Gasteiger partial charge in [0, 0.05) is 34.8 Å². The van der Waals surface area contributed by atoms with Gasteiger partial charge in [0.1, 0.15) is 16.1 Å². The van der Waals surface area contributed by atoms with E-state index in [1.165, 1.54) is 11.3 Å². The summed E-state index contributed by atoms with van der Waals surface area (Å²) < 4.78 is 0. The molecule has 0 unspecified atom stereocenters. The zero-order valence-electron chi connectivity index (χ0n) is 23.8. The number of rotatable bonds is 4. The normalized spacial score (nSPS) is 16.8. The number of halogens is 1. The molecule has 8 nitrogen and oxygen atoms in total. The van der Waals surface area contributed by atoms with E-state index in [0.29, 0.717) is 22.4 Å². The first-order valence-corrected chi connectivity index (χ1v) is 15.1. The fourth-order valence-corrected chi connectivity index (χ4v) is 7.48. The van der Waals surface area contributed by atoms with E-state index in [2.05, 4.69) is 51.2 Å². The summed E-state index contributed by atoms with van der Waals surface area (Å²) in [5, 5.41) is 18.2. The molecular weight excluding hydrogens is 556 g/mol. The van der Waals surface area contributed by atoms with Crippen LogP contribution in [0, 0.1) is 12.3 Å². The lowest BCUT2D eigenvalue weighted by atomic mass is 9.74. The Hall–Kier alpha value is -3.40. The van der Waals surface area contributed by atoms with Gasteiger partial charge in [-0.2, -0.15) is 0 Å². The van der Waals surface area contributed by atoms with Crippen molar-refractivity contribution in [1.29, 1.82) is 0 Å². The number of benzene rings is 2. The van der Waals surface area contributed by atoms with E-state index in [1.54, 1.807) is 12.1 Å². The van der Waals surface area contributed by atoms with Gasteiger partial charge in [0.25, 0.3) is 0 Å². The molecule has 1 fully saturated rings. The number of hydrogen-bond acceptors (Lipinski definition) is 7. The molecule has 4 heterocycles. The zero-order valence-corrected chi connectivity index (χ0v) is 25.4. The first kappa shape index (κ1) is 27.8. The summed E-state index contributed by atoms with van der Waals surface area (Å²) in [6.45, 7) is 12.4. The van der Waals surface area contributed by atoms with Crippen LogP contribution >= 0.6 is 22.9 Å². The number of aromatic hydroxyl groups is 1. The fraction of sp³-hybridized carbons (Fsp3) is 0.387. The predicted octanol–water partition coefficient (Wildman–Crippen LogP) is 7.53. The minimum Gasteiger partial charge on any atom is -0.506 e. The van der Waals surface area contributed by atoms with Gasteiger partial charge in [-0.3, -0.25) is 5.32 Å². The Morgan fingerprint density at radius 2 is 1.83 bits per heavy atom. The summed E-state index contributed by atoms with van der Waals surface area (Å²) in [6.07, 6.45) is 1.88. The van der Waals surface area contributed by atoms with Crippen LogP contribution in [0.25, 0.3) is 10.3 Å². The number of urea groups is 1. The maximum atomic E-state index is 13.1. The van der Waals surface area contributed by atoms with Crippen molar-refractivity contribution in [3.8, 4) is 5.75 Å². The third-order valence-corrected chi connectivity index (χ3v) is 9.13. The van der Waals surface area contributed by atoms with E-state index >= 15 is 0 Å². The van der Waals surface area contributed by atoms with E-state index in [-0.39, 0.29) is 16.6 Å². The molecule has 0 atom stereocenters. The summed E-state index contributed by atoms with van der Waals surface area (Å²) in [5.41, 5.74) is 4.85. The summed E-state index contributed by atoms with van der Waals surface area (Å²) in [4.78, 5) is 27.6. The van der Waals surface area contributed by atoms with Crippen LogP contribution in [0.3, 0.4) is 0 Å². The number of fused-ring (bicyclic) bond motifs is 3. The van der Waals surface area contributed by atoms with Crippen molar-refractivity contribution >= 4 is 61.5 Å². The number of likely N-dealkylation sites (tertiary alicyclic amines) is 1. The third kappa shape index (κ3) is 5.46. The van der Waals surface area contributed by atoms with Crippen LogP contribution in [0.5, 0.6) is 5.75 Å². The monoisotopic (exact) mass is 590 g/mol. The van der Waals surface area contributed by atoms with Gasteiger partial charge < -0.3 is 20.2 Å². The molecule has 0 radical (unpaired) electrons. The maximum Gasteiger partial charge on any atom is 0.325 e. The van der Waals surface area contributed by atoms with Crippen molar-refractivity contribution in [2.75, 3.05) is 41.7 Å². The van der Waals surface area contributed by atoms with Crippen molar-refractivity contribution in [1.82, 2.24) is 14.9 Å². The second-order valence-electron chi connectivity index (χ2n) is 12.4. The van der Waals surface area contributed by atoms with Crippen molar-refractivity contribution in [2.24, 2.45) is 5.41 Å². The molecule has 2 aromatic heterocycles. The van der Waals surface area contributed by atoms with Gasteiger partial charge in [0.2, 0.25) is 0 Å². The lowest BCUT2D eigenvalue weighted by Crippen LogP contribution is -2.47. The highest BCUT2D eigenvalue weighted by Gasteiger charge is 2.48. The molecule has 10 heteroatoms. The number of phenols is 1. The highest BCUT2D eigenvalue weighted by Crippen LogP contribution is 2.56. The van der Waals surface area contributed by atoms with Crippen molar-refractivity contribution in [3.63, 3.8) is 0 Å². The van der Waals surface area contributed by atoms with Gasteiger partial charge in [-0.25, -0.2) is 14.8 Å². The number of aryl methyl sites for hydroxylation is 1. The number of piperidine rings is 1.